The molecule has 2 aromatic heterocycles. The summed E-state index contributed by atoms with van der Waals surface area (Å²) in [5.74, 6) is -0.215. The van der Waals surface area contributed by atoms with Crippen LogP contribution in [0.15, 0.2) is 47.7 Å². The van der Waals surface area contributed by atoms with Crippen LogP contribution in [0.1, 0.15) is 22.8 Å². The quantitative estimate of drug-likeness (QED) is 0.836. The van der Waals surface area contributed by atoms with Crippen molar-refractivity contribution in [2.75, 3.05) is 13.1 Å². The molecule has 0 aliphatic heterocycles. The summed E-state index contributed by atoms with van der Waals surface area (Å²) in [5.41, 5.74) is 1.08. The van der Waals surface area contributed by atoms with E-state index in [4.69, 9.17) is 0 Å². The lowest BCUT2D eigenvalue weighted by Gasteiger charge is -2.20. The summed E-state index contributed by atoms with van der Waals surface area (Å²) in [6, 6.07) is 7.16. The fourth-order valence-corrected chi connectivity index (χ4v) is 2.15. The first kappa shape index (κ1) is 15.0. The van der Waals surface area contributed by atoms with Crippen LogP contribution in [0.5, 0.6) is 0 Å². The van der Waals surface area contributed by atoms with E-state index in [0.717, 1.165) is 12.0 Å². The van der Waals surface area contributed by atoms with Crippen molar-refractivity contribution in [3.8, 4) is 0 Å². The molecule has 110 valence electrons. The van der Waals surface area contributed by atoms with Gasteiger partial charge < -0.3 is 9.47 Å². The lowest BCUT2D eigenvalue weighted by Crippen LogP contribution is -2.37. The van der Waals surface area contributed by atoms with Gasteiger partial charge in [-0.05, 0) is 43.2 Å². The number of nitrogens with zero attached hydrogens (tertiary/aromatic N) is 3. The van der Waals surface area contributed by atoms with E-state index in [9.17, 15) is 9.59 Å². The zero-order chi connectivity index (χ0) is 15.2. The molecular weight excluding hydrogens is 266 g/mol. The lowest BCUT2D eigenvalue weighted by molar-refractivity contribution is 0.0764. The molecule has 0 aliphatic rings. The van der Waals surface area contributed by atoms with Crippen molar-refractivity contribution in [1.29, 1.82) is 0 Å². The number of amides is 1. The van der Waals surface area contributed by atoms with Gasteiger partial charge in [0, 0.05) is 38.7 Å². The Bertz CT molecular complexity index is 665. The maximum Gasteiger partial charge on any atom is 0.263 e. The summed E-state index contributed by atoms with van der Waals surface area (Å²) in [5, 5.41) is 0. The van der Waals surface area contributed by atoms with Gasteiger partial charge in [0.25, 0.3) is 11.5 Å². The first-order valence-electron chi connectivity index (χ1n) is 6.97. The number of hydrogen-bond acceptors (Lipinski definition) is 3. The van der Waals surface area contributed by atoms with E-state index in [2.05, 4.69) is 4.98 Å². The molecule has 0 N–H and O–H groups in total. The van der Waals surface area contributed by atoms with Crippen molar-refractivity contribution in [3.63, 3.8) is 0 Å². The molecule has 0 unspecified atom stereocenters. The first-order valence-corrected chi connectivity index (χ1v) is 6.97. The van der Waals surface area contributed by atoms with Crippen LogP contribution in [0.2, 0.25) is 0 Å². The van der Waals surface area contributed by atoms with E-state index < -0.39 is 0 Å². The van der Waals surface area contributed by atoms with Crippen LogP contribution < -0.4 is 5.56 Å². The number of aryl methyl sites for hydroxylation is 1. The fraction of sp³-hybridized carbons (Fsp3) is 0.312. The van der Waals surface area contributed by atoms with Crippen molar-refractivity contribution in [3.05, 3.63) is 64.3 Å². The van der Waals surface area contributed by atoms with Crippen LogP contribution in [0.4, 0.5) is 0 Å². The van der Waals surface area contributed by atoms with Crippen LogP contribution >= 0.6 is 0 Å². The molecule has 0 aromatic carbocycles. The molecular formula is C16H19N3O2. The Balaban J connectivity index is 2.12. The molecule has 2 heterocycles. The average Bonchev–Trinajstić information content (AvgIpc) is 2.51. The van der Waals surface area contributed by atoms with Crippen LogP contribution in [0.25, 0.3) is 0 Å². The topological polar surface area (TPSA) is 55.2 Å². The summed E-state index contributed by atoms with van der Waals surface area (Å²) in [6.07, 6.45) is 5.86. The van der Waals surface area contributed by atoms with E-state index in [1.165, 1.54) is 4.57 Å². The Morgan fingerprint density at radius 1 is 1.29 bits per heavy atom. The van der Waals surface area contributed by atoms with Crippen LogP contribution in [0, 0.1) is 0 Å². The van der Waals surface area contributed by atoms with Crippen molar-refractivity contribution in [1.82, 2.24) is 14.5 Å². The van der Waals surface area contributed by atoms with Crippen molar-refractivity contribution >= 4 is 5.91 Å². The van der Waals surface area contributed by atoms with Crippen LogP contribution in [-0.2, 0) is 13.5 Å². The second-order valence-corrected chi connectivity index (χ2v) is 4.83. The molecule has 0 radical (unpaired) electrons. The average molecular weight is 285 g/mol. The number of hydrogen-bond donors (Lipinski definition) is 0. The number of rotatable bonds is 5. The Labute approximate surface area is 123 Å². The summed E-state index contributed by atoms with van der Waals surface area (Å²) in [6.45, 7) is 3.07. The van der Waals surface area contributed by atoms with Gasteiger partial charge in [-0.1, -0.05) is 0 Å². The summed E-state index contributed by atoms with van der Waals surface area (Å²) in [7, 11) is 1.65. The van der Waals surface area contributed by atoms with Gasteiger partial charge in [-0.2, -0.15) is 0 Å². The monoisotopic (exact) mass is 285 g/mol. The second-order valence-electron chi connectivity index (χ2n) is 4.83. The zero-order valence-corrected chi connectivity index (χ0v) is 12.3. The third-order valence-corrected chi connectivity index (χ3v) is 3.44. The third-order valence-electron chi connectivity index (χ3n) is 3.44. The fourth-order valence-electron chi connectivity index (χ4n) is 2.15. The summed E-state index contributed by atoms with van der Waals surface area (Å²) >= 11 is 0. The molecule has 0 fully saturated rings. The Hall–Kier alpha value is -2.43. The summed E-state index contributed by atoms with van der Waals surface area (Å²) in [4.78, 5) is 30.1. The molecule has 0 saturated carbocycles. The molecule has 0 atom stereocenters. The second kappa shape index (κ2) is 6.83. The molecule has 2 aromatic rings. The van der Waals surface area contributed by atoms with Gasteiger partial charge in [0.15, 0.2) is 0 Å². The van der Waals surface area contributed by atoms with Gasteiger partial charge >= 0.3 is 0 Å². The number of carbonyl (C=O) groups is 1. The Kier molecular flexibility index (Phi) is 4.87. The third kappa shape index (κ3) is 3.56. The highest BCUT2D eigenvalue weighted by molar-refractivity contribution is 5.93. The van der Waals surface area contributed by atoms with E-state index >= 15 is 0 Å². The maximum atomic E-state index is 12.5. The minimum Gasteiger partial charge on any atom is -0.338 e. The Morgan fingerprint density at radius 2 is 2.00 bits per heavy atom. The normalized spacial score (nSPS) is 10.4. The summed E-state index contributed by atoms with van der Waals surface area (Å²) < 4.78 is 1.42. The van der Waals surface area contributed by atoms with Gasteiger partial charge in [0.05, 0.1) is 0 Å². The van der Waals surface area contributed by atoms with E-state index in [1.54, 1.807) is 42.7 Å². The Morgan fingerprint density at radius 3 is 2.67 bits per heavy atom. The molecule has 0 spiro atoms. The standard InChI is InChI=1S/C16H19N3O2/c1-3-19(12-8-13-6-9-17-10-7-13)16(21)14-5-4-11-18(2)15(14)20/h4-7,9-11H,3,8,12H2,1-2H3. The smallest absolute Gasteiger partial charge is 0.263 e. The molecule has 1 amide bonds. The minimum atomic E-state index is -0.259. The van der Waals surface area contributed by atoms with Gasteiger partial charge in [0.2, 0.25) is 0 Å². The number of aromatic nitrogens is 2. The highest BCUT2D eigenvalue weighted by atomic mass is 16.2. The van der Waals surface area contributed by atoms with Gasteiger partial charge in [-0.3, -0.25) is 14.6 Å². The SMILES string of the molecule is CCN(CCc1ccncc1)C(=O)c1cccn(C)c1=O. The molecule has 0 saturated heterocycles. The largest absolute Gasteiger partial charge is 0.338 e. The van der Waals surface area contributed by atoms with Crippen molar-refractivity contribution < 1.29 is 4.79 Å². The predicted molar refractivity (Wildman–Crippen MR) is 81.2 cm³/mol. The van der Waals surface area contributed by atoms with E-state index in [-0.39, 0.29) is 17.0 Å². The number of likely N-dealkylation sites (N-methyl/N-ethyl adjacent to an activating group) is 1. The highest BCUT2D eigenvalue weighted by Gasteiger charge is 2.17. The van der Waals surface area contributed by atoms with Crippen LogP contribution in [0.3, 0.4) is 0 Å². The zero-order valence-electron chi connectivity index (χ0n) is 12.3. The highest BCUT2D eigenvalue weighted by Crippen LogP contribution is 2.04. The maximum absolute atomic E-state index is 12.5. The van der Waals surface area contributed by atoms with Crippen LogP contribution in [-0.4, -0.2) is 33.4 Å². The predicted octanol–water partition coefficient (Wildman–Crippen LogP) is 1.49. The lowest BCUT2D eigenvalue weighted by atomic mass is 10.1. The van der Waals surface area contributed by atoms with Gasteiger partial charge in [0.1, 0.15) is 5.56 Å². The minimum absolute atomic E-state index is 0.215. The van der Waals surface area contributed by atoms with Crippen molar-refractivity contribution in [2.45, 2.75) is 13.3 Å². The number of carbonyl (C=O) groups excluding carboxylic acids is 1. The molecule has 0 bridgehead atoms. The molecule has 2 rings (SSSR count). The number of pyridine rings is 2. The van der Waals surface area contributed by atoms with Gasteiger partial charge in [-0.25, -0.2) is 0 Å². The molecule has 21 heavy (non-hydrogen) atoms. The molecule has 5 heteroatoms. The van der Waals surface area contributed by atoms with Crippen molar-refractivity contribution in [2.24, 2.45) is 7.05 Å². The van der Waals surface area contributed by atoms with E-state index in [1.807, 2.05) is 19.1 Å². The molecule has 0 aliphatic carbocycles. The van der Waals surface area contributed by atoms with Gasteiger partial charge in [-0.15, -0.1) is 0 Å². The molecule has 5 nitrogen and oxygen atoms in total. The first-order chi connectivity index (χ1) is 10.1. The van der Waals surface area contributed by atoms with E-state index in [0.29, 0.717) is 13.1 Å².